The summed E-state index contributed by atoms with van der Waals surface area (Å²) in [5, 5.41) is 39.0. The van der Waals surface area contributed by atoms with Crippen molar-refractivity contribution < 1.29 is 29.9 Å². The summed E-state index contributed by atoms with van der Waals surface area (Å²) >= 11 is 0. The summed E-state index contributed by atoms with van der Waals surface area (Å²) in [6.45, 7) is 1.09. The Morgan fingerprint density at radius 2 is 1.77 bits per heavy atom. The van der Waals surface area contributed by atoms with Gasteiger partial charge in [0.2, 0.25) is 12.0 Å². The fourth-order valence-electron chi connectivity index (χ4n) is 2.96. The lowest BCUT2D eigenvalue weighted by Crippen LogP contribution is -2.60. The summed E-state index contributed by atoms with van der Waals surface area (Å²) in [6, 6.07) is 8.94. The van der Waals surface area contributed by atoms with Crippen LogP contribution in [0.1, 0.15) is 5.69 Å². The van der Waals surface area contributed by atoms with Crippen LogP contribution < -0.4 is 10.3 Å². The Hall–Kier alpha value is -2.17. The van der Waals surface area contributed by atoms with E-state index in [-0.39, 0.29) is 5.75 Å². The van der Waals surface area contributed by atoms with Gasteiger partial charge in [0, 0.05) is 7.05 Å². The van der Waals surface area contributed by atoms with Gasteiger partial charge < -0.3 is 29.9 Å². The van der Waals surface area contributed by atoms with Gasteiger partial charge in [-0.2, -0.15) is 0 Å². The van der Waals surface area contributed by atoms with Crippen molar-refractivity contribution in [2.24, 2.45) is 7.05 Å². The third kappa shape index (κ3) is 3.04. The molecule has 9 heteroatoms. The van der Waals surface area contributed by atoms with Gasteiger partial charge in [-0.1, -0.05) is 18.2 Å². The van der Waals surface area contributed by atoms with Crippen LogP contribution in [0.15, 0.2) is 35.1 Å². The van der Waals surface area contributed by atoms with E-state index in [0.717, 1.165) is 0 Å². The van der Waals surface area contributed by atoms with E-state index in [9.17, 15) is 25.2 Å². The van der Waals surface area contributed by atoms with Gasteiger partial charge >= 0.3 is 5.56 Å². The Labute approximate surface area is 149 Å². The molecule has 1 aromatic carbocycles. The first-order valence-electron chi connectivity index (χ1n) is 8.18. The lowest BCUT2D eigenvalue weighted by molar-refractivity contribution is -0.277. The van der Waals surface area contributed by atoms with E-state index in [2.05, 4.69) is 0 Å². The van der Waals surface area contributed by atoms with E-state index in [0.29, 0.717) is 11.4 Å². The van der Waals surface area contributed by atoms with E-state index in [4.69, 9.17) is 9.47 Å². The smallest absolute Gasteiger partial charge is 0.314 e. The molecule has 1 aliphatic rings. The van der Waals surface area contributed by atoms with E-state index in [1.165, 1.54) is 4.68 Å². The van der Waals surface area contributed by atoms with Crippen LogP contribution in [0.25, 0.3) is 5.69 Å². The maximum absolute atomic E-state index is 12.8. The maximum Gasteiger partial charge on any atom is 0.314 e. The van der Waals surface area contributed by atoms with Crippen molar-refractivity contribution >= 4 is 0 Å². The molecule has 1 aromatic heterocycles. The zero-order chi connectivity index (χ0) is 19.0. The molecule has 0 spiro atoms. The highest BCUT2D eigenvalue weighted by molar-refractivity contribution is 5.36. The van der Waals surface area contributed by atoms with E-state index in [1.807, 2.05) is 6.07 Å². The number of aromatic nitrogens is 2. The zero-order valence-electron chi connectivity index (χ0n) is 14.4. The van der Waals surface area contributed by atoms with Gasteiger partial charge in [0.15, 0.2) is 0 Å². The van der Waals surface area contributed by atoms with Gasteiger partial charge in [0.05, 0.1) is 18.0 Å². The lowest BCUT2D eigenvalue weighted by Gasteiger charge is -2.39. The third-order valence-corrected chi connectivity index (χ3v) is 4.58. The molecule has 1 aliphatic heterocycles. The SMILES string of the molecule is Cc1c(O[C@@H]2O[C@H](CO)[C@@H](O)[C@H](O)[C@H]2O)c(=O)n(-c2ccccc2)n1C. The number of aliphatic hydroxyl groups excluding tert-OH is 4. The highest BCUT2D eigenvalue weighted by atomic mass is 16.7. The summed E-state index contributed by atoms with van der Waals surface area (Å²) in [6.07, 6.45) is -7.18. The summed E-state index contributed by atoms with van der Waals surface area (Å²) in [7, 11) is 1.68. The number of nitrogens with zero attached hydrogens (tertiary/aromatic N) is 2. The second-order valence-corrected chi connectivity index (χ2v) is 6.21. The number of hydrogen-bond acceptors (Lipinski definition) is 7. The van der Waals surface area contributed by atoms with E-state index < -0.39 is 42.9 Å². The van der Waals surface area contributed by atoms with Gasteiger partial charge in [0.25, 0.3) is 0 Å². The van der Waals surface area contributed by atoms with Gasteiger partial charge in [-0.05, 0) is 19.1 Å². The van der Waals surface area contributed by atoms with Crippen LogP contribution in [0.4, 0.5) is 0 Å². The van der Waals surface area contributed by atoms with Crippen LogP contribution in [0, 0.1) is 6.92 Å². The second-order valence-electron chi connectivity index (χ2n) is 6.21. The molecule has 0 saturated carbocycles. The number of benzene rings is 1. The molecule has 0 bridgehead atoms. The molecule has 26 heavy (non-hydrogen) atoms. The number of aliphatic hydroxyl groups is 4. The Bertz CT molecular complexity index is 815. The van der Waals surface area contributed by atoms with Crippen LogP contribution >= 0.6 is 0 Å². The molecule has 9 nitrogen and oxygen atoms in total. The molecule has 2 heterocycles. The van der Waals surface area contributed by atoms with Gasteiger partial charge in [-0.3, -0.25) is 9.48 Å². The molecule has 0 amide bonds. The standard InChI is InChI=1S/C17H22N2O7/c1-9-15(16(24)19(18(9)2)10-6-4-3-5-7-10)26-17-14(23)13(22)12(21)11(8-20)25-17/h3-7,11-14,17,20-23H,8H2,1-2H3/t11-,12-,13+,14-,17+/m1/s1. The minimum Gasteiger partial charge on any atom is -0.454 e. The van der Waals surface area contributed by atoms with Crippen molar-refractivity contribution in [1.29, 1.82) is 0 Å². The first kappa shape index (κ1) is 18.6. The normalized spacial score (nSPS) is 28.9. The largest absolute Gasteiger partial charge is 0.454 e. The minimum atomic E-state index is -1.59. The molecule has 0 unspecified atom stereocenters. The predicted molar refractivity (Wildman–Crippen MR) is 90.1 cm³/mol. The number of ether oxygens (including phenoxy) is 2. The van der Waals surface area contributed by atoms with Crippen molar-refractivity contribution in [1.82, 2.24) is 9.36 Å². The molecule has 5 atom stereocenters. The number of rotatable bonds is 4. The van der Waals surface area contributed by atoms with Gasteiger partial charge in [0.1, 0.15) is 24.4 Å². The second kappa shape index (κ2) is 7.22. The Balaban J connectivity index is 1.95. The average Bonchev–Trinajstić information content (AvgIpc) is 2.86. The summed E-state index contributed by atoms with van der Waals surface area (Å²) in [5.41, 5.74) is 0.649. The molecule has 0 aliphatic carbocycles. The Morgan fingerprint density at radius 3 is 2.38 bits per heavy atom. The molecule has 3 rings (SSSR count). The first-order chi connectivity index (χ1) is 12.4. The summed E-state index contributed by atoms with van der Waals surface area (Å²) in [5.74, 6) is -0.0549. The Morgan fingerprint density at radius 1 is 1.12 bits per heavy atom. The first-order valence-corrected chi connectivity index (χ1v) is 8.18. The third-order valence-electron chi connectivity index (χ3n) is 4.58. The highest BCUT2D eigenvalue weighted by Gasteiger charge is 2.45. The van der Waals surface area contributed by atoms with Gasteiger partial charge in [-0.25, -0.2) is 4.68 Å². The molecule has 1 fully saturated rings. The van der Waals surface area contributed by atoms with Crippen LogP contribution in [0.3, 0.4) is 0 Å². The lowest BCUT2D eigenvalue weighted by atomic mass is 9.99. The number of para-hydroxylation sites is 1. The van der Waals surface area contributed by atoms with Crippen molar-refractivity contribution in [2.75, 3.05) is 6.61 Å². The molecule has 2 aromatic rings. The molecule has 1 saturated heterocycles. The molecule has 4 N–H and O–H groups in total. The molecular formula is C17H22N2O7. The van der Waals surface area contributed by atoms with Crippen molar-refractivity contribution in [3.8, 4) is 11.4 Å². The van der Waals surface area contributed by atoms with Crippen LogP contribution in [-0.2, 0) is 11.8 Å². The molecule has 0 radical (unpaired) electrons. The molecule has 142 valence electrons. The van der Waals surface area contributed by atoms with Crippen molar-refractivity contribution in [2.45, 2.75) is 37.6 Å². The maximum atomic E-state index is 12.8. The monoisotopic (exact) mass is 366 g/mol. The predicted octanol–water partition coefficient (Wildman–Crippen LogP) is -1.34. The number of hydrogen-bond donors (Lipinski definition) is 4. The topological polar surface area (TPSA) is 126 Å². The van der Waals surface area contributed by atoms with Crippen LogP contribution in [-0.4, -0.2) is 67.1 Å². The summed E-state index contributed by atoms with van der Waals surface area (Å²) in [4.78, 5) is 12.8. The molecular weight excluding hydrogens is 344 g/mol. The highest BCUT2D eigenvalue weighted by Crippen LogP contribution is 2.25. The van der Waals surface area contributed by atoms with Gasteiger partial charge in [-0.15, -0.1) is 0 Å². The van der Waals surface area contributed by atoms with Crippen LogP contribution in [0.2, 0.25) is 0 Å². The quantitative estimate of drug-likeness (QED) is 0.528. The average molecular weight is 366 g/mol. The van der Waals surface area contributed by atoms with E-state index >= 15 is 0 Å². The fourth-order valence-corrected chi connectivity index (χ4v) is 2.96. The van der Waals surface area contributed by atoms with Crippen LogP contribution in [0.5, 0.6) is 5.75 Å². The summed E-state index contributed by atoms with van der Waals surface area (Å²) < 4.78 is 13.9. The zero-order valence-corrected chi connectivity index (χ0v) is 14.4. The fraction of sp³-hybridized carbons (Fsp3) is 0.471. The van der Waals surface area contributed by atoms with Crippen molar-refractivity contribution in [3.63, 3.8) is 0 Å². The Kier molecular flexibility index (Phi) is 5.17. The van der Waals surface area contributed by atoms with Crippen molar-refractivity contribution in [3.05, 3.63) is 46.4 Å². The van der Waals surface area contributed by atoms with E-state index in [1.54, 1.807) is 42.9 Å². The minimum absolute atomic E-state index is 0.0549.